The molecule has 1 aromatic carbocycles. The first-order valence-corrected chi connectivity index (χ1v) is 8.78. The van der Waals surface area contributed by atoms with Crippen LogP contribution < -0.4 is 5.56 Å². The van der Waals surface area contributed by atoms with Crippen molar-refractivity contribution in [2.24, 2.45) is 5.92 Å². The summed E-state index contributed by atoms with van der Waals surface area (Å²) in [4.78, 5) is 26.6. The van der Waals surface area contributed by atoms with Gasteiger partial charge < -0.3 is 14.5 Å². The van der Waals surface area contributed by atoms with Gasteiger partial charge in [0.15, 0.2) is 0 Å². The van der Waals surface area contributed by atoms with E-state index in [9.17, 15) is 14.7 Å². The molecule has 0 bridgehead atoms. The number of aromatic amines is 1. The van der Waals surface area contributed by atoms with Crippen molar-refractivity contribution in [3.63, 3.8) is 0 Å². The van der Waals surface area contributed by atoms with Gasteiger partial charge in [0.1, 0.15) is 11.5 Å². The predicted molar refractivity (Wildman–Crippen MR) is 96.7 cm³/mol. The standard InChI is InChI=1S/C19H20N4O4/c1-12-7-15(27-21-12)8-13-10-22(11-17(13)24)19(26)16-9-18(25)23(20-16)14-5-3-2-4-6-14/h2-7,9,13,17,20,24H,8,10-11H2,1H3/t13-,17-/m1/s1. The van der Waals surface area contributed by atoms with Crippen LogP contribution >= 0.6 is 0 Å². The molecule has 0 aliphatic carbocycles. The molecule has 1 aliphatic rings. The maximum absolute atomic E-state index is 12.8. The van der Waals surface area contributed by atoms with Gasteiger partial charge in [-0.1, -0.05) is 23.4 Å². The molecule has 1 aliphatic heterocycles. The monoisotopic (exact) mass is 368 g/mol. The fourth-order valence-electron chi connectivity index (χ4n) is 3.44. The highest BCUT2D eigenvalue weighted by molar-refractivity contribution is 5.92. The summed E-state index contributed by atoms with van der Waals surface area (Å²) in [7, 11) is 0. The average Bonchev–Trinajstić information content (AvgIpc) is 3.35. The number of aliphatic hydroxyl groups is 1. The number of para-hydroxylation sites is 1. The van der Waals surface area contributed by atoms with E-state index in [1.807, 2.05) is 31.2 Å². The molecule has 1 fully saturated rings. The van der Waals surface area contributed by atoms with Crippen LogP contribution in [-0.4, -0.2) is 50.0 Å². The summed E-state index contributed by atoms with van der Waals surface area (Å²) in [5, 5.41) is 17.0. The molecule has 1 amide bonds. The number of amides is 1. The Morgan fingerprint density at radius 3 is 2.78 bits per heavy atom. The second-order valence-corrected chi connectivity index (χ2v) is 6.86. The third kappa shape index (κ3) is 3.43. The largest absolute Gasteiger partial charge is 0.391 e. The SMILES string of the molecule is Cc1cc(C[C@@H]2CN(C(=O)c3cc(=O)n(-c4ccccc4)[nH]3)C[C@H]2O)on1. The van der Waals surface area contributed by atoms with Crippen molar-refractivity contribution in [3.8, 4) is 5.69 Å². The highest BCUT2D eigenvalue weighted by Gasteiger charge is 2.35. The van der Waals surface area contributed by atoms with E-state index in [0.717, 1.165) is 5.69 Å². The Bertz CT molecular complexity index is 1000. The van der Waals surface area contributed by atoms with E-state index in [0.29, 0.717) is 24.4 Å². The first-order chi connectivity index (χ1) is 13.0. The van der Waals surface area contributed by atoms with E-state index >= 15 is 0 Å². The summed E-state index contributed by atoms with van der Waals surface area (Å²) in [5.74, 6) is 0.246. The number of hydrogen-bond donors (Lipinski definition) is 2. The van der Waals surface area contributed by atoms with Gasteiger partial charge in [-0.05, 0) is 19.1 Å². The number of carbonyl (C=O) groups excluding carboxylic acids is 1. The molecular weight excluding hydrogens is 348 g/mol. The van der Waals surface area contributed by atoms with Gasteiger partial charge in [-0.2, -0.15) is 0 Å². The number of nitrogens with zero attached hydrogens (tertiary/aromatic N) is 3. The number of carbonyl (C=O) groups is 1. The summed E-state index contributed by atoms with van der Waals surface area (Å²) in [5.41, 5.74) is 1.33. The molecule has 0 saturated carbocycles. The lowest BCUT2D eigenvalue weighted by Crippen LogP contribution is -2.30. The van der Waals surface area contributed by atoms with Crippen molar-refractivity contribution in [1.82, 2.24) is 19.8 Å². The van der Waals surface area contributed by atoms with Crippen LogP contribution in [-0.2, 0) is 6.42 Å². The lowest BCUT2D eigenvalue weighted by molar-refractivity contribution is 0.0758. The van der Waals surface area contributed by atoms with Gasteiger partial charge in [-0.25, -0.2) is 4.68 Å². The zero-order valence-corrected chi connectivity index (χ0v) is 14.8. The van der Waals surface area contributed by atoms with Crippen LogP contribution in [0.4, 0.5) is 0 Å². The summed E-state index contributed by atoms with van der Waals surface area (Å²) < 4.78 is 6.54. The number of hydrogen-bond acceptors (Lipinski definition) is 5. The lowest BCUT2D eigenvalue weighted by Gasteiger charge is -2.14. The van der Waals surface area contributed by atoms with Crippen molar-refractivity contribution in [2.75, 3.05) is 13.1 Å². The highest BCUT2D eigenvalue weighted by atomic mass is 16.5. The van der Waals surface area contributed by atoms with Gasteiger partial charge in [-0.15, -0.1) is 0 Å². The number of aryl methyl sites for hydroxylation is 1. The van der Waals surface area contributed by atoms with Gasteiger partial charge in [0, 0.05) is 37.6 Å². The van der Waals surface area contributed by atoms with Crippen LogP contribution in [0.15, 0.2) is 51.8 Å². The molecule has 8 nitrogen and oxygen atoms in total. The minimum absolute atomic E-state index is 0.135. The van der Waals surface area contributed by atoms with E-state index in [4.69, 9.17) is 4.52 Å². The highest BCUT2D eigenvalue weighted by Crippen LogP contribution is 2.23. The van der Waals surface area contributed by atoms with Crippen LogP contribution in [0, 0.1) is 12.8 Å². The number of aromatic nitrogens is 3. The molecule has 0 unspecified atom stereocenters. The van der Waals surface area contributed by atoms with E-state index in [-0.39, 0.29) is 29.6 Å². The minimum Gasteiger partial charge on any atom is -0.391 e. The number of β-amino-alcohol motifs (C(OH)–C–C–N with tert-alkyl or cyclic N) is 1. The second-order valence-electron chi connectivity index (χ2n) is 6.86. The van der Waals surface area contributed by atoms with Crippen LogP contribution in [0.1, 0.15) is 21.9 Å². The number of benzene rings is 1. The van der Waals surface area contributed by atoms with Crippen LogP contribution in [0.25, 0.3) is 5.69 Å². The Kier molecular flexibility index (Phi) is 4.41. The molecule has 3 aromatic rings. The fraction of sp³-hybridized carbons (Fsp3) is 0.316. The average molecular weight is 368 g/mol. The number of likely N-dealkylation sites (tertiary alicyclic amines) is 1. The molecule has 2 N–H and O–H groups in total. The molecule has 8 heteroatoms. The predicted octanol–water partition coefficient (Wildman–Crippen LogP) is 1.14. The lowest BCUT2D eigenvalue weighted by atomic mass is 10.0. The fourth-order valence-corrected chi connectivity index (χ4v) is 3.44. The summed E-state index contributed by atoms with van der Waals surface area (Å²) in [6, 6.07) is 12.2. The molecule has 140 valence electrons. The molecule has 1 saturated heterocycles. The van der Waals surface area contributed by atoms with E-state index in [1.165, 1.54) is 10.7 Å². The van der Waals surface area contributed by atoms with Crippen molar-refractivity contribution >= 4 is 5.91 Å². The number of H-pyrrole nitrogens is 1. The summed E-state index contributed by atoms with van der Waals surface area (Å²) >= 11 is 0. The molecule has 2 aromatic heterocycles. The maximum atomic E-state index is 12.8. The Morgan fingerprint density at radius 2 is 2.07 bits per heavy atom. The van der Waals surface area contributed by atoms with Gasteiger partial charge in [-0.3, -0.25) is 14.7 Å². The van der Waals surface area contributed by atoms with Gasteiger partial charge in [0.05, 0.1) is 17.5 Å². The molecular formula is C19H20N4O4. The molecule has 2 atom stereocenters. The first kappa shape index (κ1) is 17.3. The normalized spacial score (nSPS) is 19.6. The molecule has 0 spiro atoms. The Hall–Kier alpha value is -3.13. The van der Waals surface area contributed by atoms with Crippen LogP contribution in [0.3, 0.4) is 0 Å². The molecule has 27 heavy (non-hydrogen) atoms. The smallest absolute Gasteiger partial charge is 0.272 e. The van der Waals surface area contributed by atoms with Gasteiger partial charge in [0.2, 0.25) is 0 Å². The Balaban J connectivity index is 1.49. The summed E-state index contributed by atoms with van der Waals surface area (Å²) in [6.07, 6.45) is -0.143. The third-order valence-electron chi connectivity index (χ3n) is 4.80. The van der Waals surface area contributed by atoms with Crippen molar-refractivity contribution in [2.45, 2.75) is 19.4 Å². The zero-order chi connectivity index (χ0) is 19.0. The van der Waals surface area contributed by atoms with Crippen molar-refractivity contribution < 1.29 is 14.4 Å². The van der Waals surface area contributed by atoms with Crippen molar-refractivity contribution in [3.05, 3.63) is 70.0 Å². The quantitative estimate of drug-likeness (QED) is 0.719. The third-order valence-corrected chi connectivity index (χ3v) is 4.80. The van der Waals surface area contributed by atoms with E-state index in [1.54, 1.807) is 17.0 Å². The summed E-state index contributed by atoms with van der Waals surface area (Å²) in [6.45, 7) is 2.44. The molecule has 4 rings (SSSR count). The van der Waals surface area contributed by atoms with Crippen molar-refractivity contribution in [1.29, 1.82) is 0 Å². The number of nitrogens with one attached hydrogen (secondary N) is 1. The minimum atomic E-state index is -0.651. The molecule has 0 radical (unpaired) electrons. The van der Waals surface area contributed by atoms with Gasteiger partial charge >= 0.3 is 0 Å². The first-order valence-electron chi connectivity index (χ1n) is 8.78. The Labute approximate surface area is 155 Å². The topological polar surface area (TPSA) is 104 Å². The maximum Gasteiger partial charge on any atom is 0.272 e. The van der Waals surface area contributed by atoms with Crippen LogP contribution in [0.2, 0.25) is 0 Å². The Morgan fingerprint density at radius 1 is 1.30 bits per heavy atom. The van der Waals surface area contributed by atoms with Crippen LogP contribution in [0.5, 0.6) is 0 Å². The van der Waals surface area contributed by atoms with E-state index < -0.39 is 6.10 Å². The number of rotatable bonds is 4. The second kappa shape index (κ2) is 6.88. The molecule has 3 heterocycles. The van der Waals surface area contributed by atoms with Gasteiger partial charge in [0.25, 0.3) is 11.5 Å². The number of aliphatic hydroxyl groups excluding tert-OH is 1. The van der Waals surface area contributed by atoms with E-state index in [2.05, 4.69) is 10.3 Å². The zero-order valence-electron chi connectivity index (χ0n) is 14.8.